The van der Waals surface area contributed by atoms with Crippen LogP contribution in [0, 0.1) is 0 Å². The summed E-state index contributed by atoms with van der Waals surface area (Å²) in [5.74, 6) is -0.952. The van der Waals surface area contributed by atoms with Gasteiger partial charge in [0.2, 0.25) is 0 Å². The number of carboxylic acid groups (broad SMARTS) is 1. The van der Waals surface area contributed by atoms with E-state index in [0.29, 0.717) is 25.1 Å². The molecular formula is C27H29NO4S. The standard InChI is InChI=1S/C27H29NO4S/c1-2-3-20-28(33(31,32)21-19-22-9-5-4-6-10-22)26-12-8-7-11-24(26)16-13-23-14-17-25(18-15-23)27(29)30/h4-12,14-15,17-19,21H,2-3,13,16,20H2,1H3,(H,29,30). The maximum atomic E-state index is 13.3. The average molecular weight is 464 g/mol. The van der Waals surface area contributed by atoms with Crippen LogP contribution < -0.4 is 4.31 Å². The molecule has 3 aromatic carbocycles. The molecule has 0 atom stereocenters. The number of para-hydroxylation sites is 1. The van der Waals surface area contributed by atoms with E-state index in [1.807, 2.05) is 61.5 Å². The summed E-state index contributed by atoms with van der Waals surface area (Å²) in [7, 11) is -3.68. The Morgan fingerprint density at radius 3 is 2.24 bits per heavy atom. The van der Waals surface area contributed by atoms with Crippen LogP contribution in [0.15, 0.2) is 84.3 Å². The lowest BCUT2D eigenvalue weighted by molar-refractivity contribution is 0.0697. The van der Waals surface area contributed by atoms with E-state index in [4.69, 9.17) is 5.11 Å². The summed E-state index contributed by atoms with van der Waals surface area (Å²) in [6.07, 6.45) is 4.58. The van der Waals surface area contributed by atoms with Gasteiger partial charge in [0.1, 0.15) is 0 Å². The number of aromatic carboxylic acids is 1. The lowest BCUT2D eigenvalue weighted by Gasteiger charge is -2.25. The fourth-order valence-electron chi connectivity index (χ4n) is 3.55. The van der Waals surface area contributed by atoms with Crippen LogP contribution in [0.5, 0.6) is 0 Å². The van der Waals surface area contributed by atoms with Gasteiger partial charge in [-0.25, -0.2) is 13.2 Å². The predicted octanol–water partition coefficient (Wildman–Crippen LogP) is 5.78. The molecule has 0 heterocycles. The molecule has 0 aromatic heterocycles. The average Bonchev–Trinajstić information content (AvgIpc) is 2.83. The molecule has 0 saturated carbocycles. The number of carbonyl (C=O) groups is 1. The highest BCUT2D eigenvalue weighted by molar-refractivity contribution is 7.95. The molecule has 1 N–H and O–H groups in total. The van der Waals surface area contributed by atoms with Gasteiger partial charge in [-0.05, 0) is 60.2 Å². The SMILES string of the molecule is CCCCN(c1ccccc1CCc1ccc(C(=O)O)cc1)S(=O)(=O)C=Cc1ccccc1. The van der Waals surface area contributed by atoms with Gasteiger partial charge in [0.25, 0.3) is 10.0 Å². The fourth-order valence-corrected chi connectivity index (χ4v) is 4.86. The lowest BCUT2D eigenvalue weighted by atomic mass is 10.0. The third kappa shape index (κ3) is 6.80. The number of unbranched alkanes of at least 4 members (excludes halogenated alkanes) is 1. The van der Waals surface area contributed by atoms with Gasteiger partial charge in [-0.15, -0.1) is 0 Å². The molecule has 0 radical (unpaired) electrons. The zero-order chi connectivity index (χ0) is 23.7. The van der Waals surface area contributed by atoms with Crippen molar-refractivity contribution >= 4 is 27.8 Å². The Morgan fingerprint density at radius 1 is 0.909 bits per heavy atom. The van der Waals surface area contributed by atoms with Crippen LogP contribution in [0.25, 0.3) is 6.08 Å². The Bertz CT molecular complexity index is 1190. The fraction of sp³-hybridized carbons (Fsp3) is 0.222. The van der Waals surface area contributed by atoms with Crippen molar-refractivity contribution in [2.45, 2.75) is 32.6 Å². The van der Waals surface area contributed by atoms with Gasteiger partial charge >= 0.3 is 5.97 Å². The van der Waals surface area contributed by atoms with Crippen molar-refractivity contribution in [1.82, 2.24) is 0 Å². The van der Waals surface area contributed by atoms with E-state index in [-0.39, 0.29) is 5.56 Å². The first kappa shape index (κ1) is 24.3. The van der Waals surface area contributed by atoms with Gasteiger partial charge in [0.15, 0.2) is 0 Å². The van der Waals surface area contributed by atoms with Crippen LogP contribution in [0.3, 0.4) is 0 Å². The minimum Gasteiger partial charge on any atom is -0.478 e. The number of carboxylic acids is 1. The molecule has 3 aromatic rings. The van der Waals surface area contributed by atoms with E-state index in [1.54, 1.807) is 30.3 Å². The highest BCUT2D eigenvalue weighted by Gasteiger charge is 2.21. The zero-order valence-electron chi connectivity index (χ0n) is 18.7. The molecule has 0 saturated heterocycles. The molecule has 0 spiro atoms. The molecule has 0 fully saturated rings. The molecule has 6 heteroatoms. The van der Waals surface area contributed by atoms with E-state index in [0.717, 1.165) is 29.5 Å². The summed E-state index contributed by atoms with van der Waals surface area (Å²) in [5, 5.41) is 10.4. The van der Waals surface area contributed by atoms with Gasteiger partial charge in [0.05, 0.1) is 16.7 Å². The summed E-state index contributed by atoms with van der Waals surface area (Å²) in [6.45, 7) is 2.44. The maximum Gasteiger partial charge on any atom is 0.335 e. The Balaban J connectivity index is 1.85. The third-order valence-electron chi connectivity index (χ3n) is 5.40. The maximum absolute atomic E-state index is 13.3. The van der Waals surface area contributed by atoms with Gasteiger partial charge < -0.3 is 5.11 Å². The molecule has 5 nitrogen and oxygen atoms in total. The monoisotopic (exact) mass is 463 g/mol. The lowest BCUT2D eigenvalue weighted by Crippen LogP contribution is -2.31. The first-order valence-electron chi connectivity index (χ1n) is 11.1. The number of anilines is 1. The Labute approximate surface area is 196 Å². The van der Waals surface area contributed by atoms with Crippen molar-refractivity contribution in [2.75, 3.05) is 10.8 Å². The topological polar surface area (TPSA) is 74.7 Å². The first-order valence-corrected chi connectivity index (χ1v) is 12.6. The second-order valence-corrected chi connectivity index (χ2v) is 9.56. The molecule has 3 rings (SSSR count). The highest BCUT2D eigenvalue weighted by Crippen LogP contribution is 2.26. The van der Waals surface area contributed by atoms with Crippen molar-refractivity contribution < 1.29 is 18.3 Å². The van der Waals surface area contributed by atoms with Crippen molar-refractivity contribution in [3.63, 3.8) is 0 Å². The second-order valence-electron chi connectivity index (χ2n) is 7.81. The molecule has 0 aliphatic rings. The van der Waals surface area contributed by atoms with Gasteiger partial charge in [0, 0.05) is 6.54 Å². The number of rotatable bonds is 11. The van der Waals surface area contributed by atoms with E-state index >= 15 is 0 Å². The number of nitrogens with zero attached hydrogens (tertiary/aromatic N) is 1. The first-order chi connectivity index (χ1) is 15.9. The summed E-state index contributed by atoms with van der Waals surface area (Å²) >= 11 is 0. The molecule has 0 aliphatic carbocycles. The van der Waals surface area contributed by atoms with Gasteiger partial charge in [-0.3, -0.25) is 4.31 Å². The molecule has 33 heavy (non-hydrogen) atoms. The molecule has 172 valence electrons. The van der Waals surface area contributed by atoms with Crippen LogP contribution in [0.2, 0.25) is 0 Å². The van der Waals surface area contributed by atoms with Gasteiger partial charge in [-0.2, -0.15) is 0 Å². The molecule has 0 unspecified atom stereocenters. The van der Waals surface area contributed by atoms with Crippen LogP contribution in [0.4, 0.5) is 5.69 Å². The summed E-state index contributed by atoms with van der Waals surface area (Å²) < 4.78 is 28.1. The third-order valence-corrected chi connectivity index (χ3v) is 6.87. The molecule has 0 aliphatic heterocycles. The van der Waals surface area contributed by atoms with E-state index < -0.39 is 16.0 Å². The summed E-state index contributed by atoms with van der Waals surface area (Å²) in [5.41, 5.74) is 3.70. The number of hydrogen-bond donors (Lipinski definition) is 1. The van der Waals surface area contributed by atoms with E-state index in [2.05, 4.69) is 0 Å². The Kier molecular flexibility index (Phi) is 8.44. The predicted molar refractivity (Wildman–Crippen MR) is 134 cm³/mol. The van der Waals surface area contributed by atoms with E-state index in [1.165, 1.54) is 9.71 Å². The molecule has 0 amide bonds. The highest BCUT2D eigenvalue weighted by atomic mass is 32.2. The number of sulfonamides is 1. The van der Waals surface area contributed by atoms with Crippen molar-refractivity contribution in [3.8, 4) is 0 Å². The van der Waals surface area contributed by atoms with Crippen LogP contribution >= 0.6 is 0 Å². The Hall–Kier alpha value is -3.38. The summed E-state index contributed by atoms with van der Waals surface area (Å²) in [6, 6.07) is 23.8. The quantitative estimate of drug-likeness (QED) is 0.391. The van der Waals surface area contributed by atoms with Crippen LogP contribution in [-0.2, 0) is 22.9 Å². The normalized spacial score (nSPS) is 11.5. The zero-order valence-corrected chi connectivity index (χ0v) is 19.5. The number of benzene rings is 3. The summed E-state index contributed by atoms with van der Waals surface area (Å²) in [4.78, 5) is 11.1. The smallest absolute Gasteiger partial charge is 0.335 e. The number of hydrogen-bond acceptors (Lipinski definition) is 3. The van der Waals surface area contributed by atoms with Crippen LogP contribution in [0.1, 0.15) is 46.8 Å². The van der Waals surface area contributed by atoms with Crippen molar-refractivity contribution in [2.24, 2.45) is 0 Å². The largest absolute Gasteiger partial charge is 0.478 e. The minimum atomic E-state index is -3.68. The van der Waals surface area contributed by atoms with Crippen LogP contribution in [-0.4, -0.2) is 26.0 Å². The van der Waals surface area contributed by atoms with Crippen molar-refractivity contribution in [3.05, 3.63) is 107 Å². The van der Waals surface area contributed by atoms with E-state index in [9.17, 15) is 13.2 Å². The van der Waals surface area contributed by atoms with Crippen molar-refractivity contribution in [1.29, 1.82) is 0 Å². The number of aryl methyl sites for hydroxylation is 2. The molecular weight excluding hydrogens is 434 g/mol. The second kappa shape index (κ2) is 11.5. The van der Waals surface area contributed by atoms with Gasteiger partial charge in [-0.1, -0.05) is 74.0 Å². The Morgan fingerprint density at radius 2 is 1.58 bits per heavy atom. The minimum absolute atomic E-state index is 0.251. The molecule has 0 bridgehead atoms.